The van der Waals surface area contributed by atoms with Crippen LogP contribution in [0.2, 0.25) is 0 Å². The van der Waals surface area contributed by atoms with Gasteiger partial charge in [-0.15, -0.1) is 0 Å². The van der Waals surface area contributed by atoms with Crippen molar-refractivity contribution in [3.05, 3.63) is 41.5 Å². The molecule has 4 heteroatoms. The number of alkyl halides is 3. The normalized spacial score (nSPS) is 11.9. The molecule has 0 saturated carbocycles. The van der Waals surface area contributed by atoms with Gasteiger partial charge in [0.15, 0.2) is 0 Å². The highest BCUT2D eigenvalue weighted by Crippen LogP contribution is 2.29. The number of carbonyl (C=O) groups is 1. The van der Waals surface area contributed by atoms with Crippen LogP contribution in [-0.4, -0.2) is 6.29 Å². The molecule has 0 spiro atoms. The van der Waals surface area contributed by atoms with E-state index in [0.717, 1.165) is 12.1 Å². The van der Waals surface area contributed by atoms with E-state index in [0.29, 0.717) is 11.8 Å². The van der Waals surface area contributed by atoms with Gasteiger partial charge in [0.2, 0.25) is 0 Å². The zero-order chi connectivity index (χ0) is 11.3. The monoisotopic (exact) mass is 214 g/mol. The molecule has 0 fully saturated rings. The molecule has 0 atom stereocenters. The fourth-order valence-electron chi connectivity index (χ4n) is 1.08. The topological polar surface area (TPSA) is 17.1 Å². The highest BCUT2D eigenvalue weighted by molar-refractivity contribution is 5.58. The van der Waals surface area contributed by atoms with Crippen LogP contribution < -0.4 is 0 Å². The van der Waals surface area contributed by atoms with E-state index in [1.807, 2.05) is 0 Å². The molecule has 0 unspecified atom stereocenters. The third-order valence-corrected chi connectivity index (χ3v) is 1.76. The molecule has 0 bridgehead atoms. The van der Waals surface area contributed by atoms with Crippen molar-refractivity contribution in [3.8, 4) is 0 Å². The molecule has 0 heterocycles. The van der Waals surface area contributed by atoms with Gasteiger partial charge >= 0.3 is 6.18 Å². The summed E-state index contributed by atoms with van der Waals surface area (Å²) in [5.41, 5.74) is -0.248. The predicted octanol–water partition coefficient (Wildman–Crippen LogP) is 3.31. The van der Waals surface area contributed by atoms with Crippen molar-refractivity contribution >= 4 is 12.4 Å². The first-order chi connectivity index (χ1) is 7.04. The Kier molecular flexibility index (Phi) is 3.66. The van der Waals surface area contributed by atoms with Gasteiger partial charge in [-0.3, -0.25) is 0 Å². The van der Waals surface area contributed by atoms with Gasteiger partial charge in [0, 0.05) is 6.42 Å². The molecule has 0 aliphatic carbocycles. The summed E-state index contributed by atoms with van der Waals surface area (Å²) in [6.07, 6.45) is -0.430. The molecule has 1 rings (SSSR count). The second-order valence-electron chi connectivity index (χ2n) is 2.93. The molecule has 1 aromatic carbocycles. The number of rotatable bonds is 3. The molecule has 80 valence electrons. The molecule has 1 nitrogen and oxygen atoms in total. The largest absolute Gasteiger partial charge is 0.416 e. The number of hydrogen-bond acceptors (Lipinski definition) is 1. The number of benzene rings is 1. The van der Waals surface area contributed by atoms with Crippen molar-refractivity contribution in [2.75, 3.05) is 0 Å². The van der Waals surface area contributed by atoms with Gasteiger partial charge in [-0.05, 0) is 17.7 Å². The van der Waals surface area contributed by atoms with E-state index in [-0.39, 0.29) is 6.42 Å². The van der Waals surface area contributed by atoms with Crippen LogP contribution in [0.5, 0.6) is 0 Å². The standard InChI is InChI=1S/C11H9F3O/c12-11(13,14)10-6-3-5-9(8-10)4-1-2-7-15/h1,3-8H,2H2/b4-1-. The SMILES string of the molecule is O=CC/C=C\c1cccc(C(F)(F)F)c1. The molecule has 0 aliphatic heterocycles. The number of carbonyl (C=O) groups excluding carboxylic acids is 1. The molecule has 0 radical (unpaired) electrons. The van der Waals surface area contributed by atoms with Crippen molar-refractivity contribution < 1.29 is 18.0 Å². The van der Waals surface area contributed by atoms with Gasteiger partial charge in [-0.2, -0.15) is 13.2 Å². The minimum absolute atomic E-state index is 0.205. The Bertz CT molecular complexity index is 366. The summed E-state index contributed by atoms with van der Waals surface area (Å²) in [4.78, 5) is 9.99. The van der Waals surface area contributed by atoms with Gasteiger partial charge in [-0.25, -0.2) is 0 Å². The first-order valence-electron chi connectivity index (χ1n) is 4.31. The summed E-state index contributed by atoms with van der Waals surface area (Å²) in [6.45, 7) is 0. The van der Waals surface area contributed by atoms with Crippen molar-refractivity contribution in [1.29, 1.82) is 0 Å². The summed E-state index contributed by atoms with van der Waals surface area (Å²) in [5.74, 6) is 0. The Morgan fingerprint density at radius 2 is 2.00 bits per heavy atom. The van der Waals surface area contributed by atoms with Crippen molar-refractivity contribution in [3.63, 3.8) is 0 Å². The first-order valence-corrected chi connectivity index (χ1v) is 4.31. The number of halogens is 3. The van der Waals surface area contributed by atoms with Crippen LogP contribution in [0.1, 0.15) is 17.5 Å². The Labute approximate surface area is 85.2 Å². The van der Waals surface area contributed by atoms with E-state index in [4.69, 9.17) is 0 Å². The Morgan fingerprint density at radius 1 is 1.27 bits per heavy atom. The average molecular weight is 214 g/mol. The zero-order valence-electron chi connectivity index (χ0n) is 7.79. The smallest absolute Gasteiger partial charge is 0.303 e. The number of allylic oxidation sites excluding steroid dienone is 1. The average Bonchev–Trinajstić information content (AvgIpc) is 2.17. The minimum atomic E-state index is -4.32. The quantitative estimate of drug-likeness (QED) is 0.705. The molecule has 1 aromatic rings. The van der Waals surface area contributed by atoms with Crippen molar-refractivity contribution in [1.82, 2.24) is 0 Å². The van der Waals surface area contributed by atoms with E-state index < -0.39 is 11.7 Å². The highest BCUT2D eigenvalue weighted by atomic mass is 19.4. The van der Waals surface area contributed by atoms with Crippen LogP contribution in [0.4, 0.5) is 13.2 Å². The molecular weight excluding hydrogens is 205 g/mol. The second kappa shape index (κ2) is 4.77. The summed E-state index contributed by atoms with van der Waals surface area (Å²) in [6, 6.07) is 4.94. The predicted molar refractivity (Wildman–Crippen MR) is 51.2 cm³/mol. The van der Waals surface area contributed by atoms with E-state index in [9.17, 15) is 18.0 Å². The summed E-state index contributed by atoms with van der Waals surface area (Å²) < 4.78 is 36.8. The first kappa shape index (κ1) is 11.5. The maximum Gasteiger partial charge on any atom is 0.416 e. The molecule has 0 N–H and O–H groups in total. The summed E-state index contributed by atoms with van der Waals surface area (Å²) >= 11 is 0. The lowest BCUT2D eigenvalue weighted by atomic mass is 10.1. The van der Waals surface area contributed by atoms with Gasteiger partial charge < -0.3 is 4.79 Å². The third kappa shape index (κ3) is 3.58. The molecule has 0 aliphatic rings. The fraction of sp³-hybridized carbons (Fsp3) is 0.182. The Balaban J connectivity index is 2.88. The van der Waals surface area contributed by atoms with Crippen LogP contribution in [0.25, 0.3) is 6.08 Å². The van der Waals surface area contributed by atoms with E-state index >= 15 is 0 Å². The van der Waals surface area contributed by atoms with Crippen LogP contribution in [-0.2, 0) is 11.0 Å². The maximum absolute atomic E-state index is 12.3. The van der Waals surface area contributed by atoms with Crippen LogP contribution in [0.15, 0.2) is 30.3 Å². The van der Waals surface area contributed by atoms with Crippen LogP contribution >= 0.6 is 0 Å². The highest BCUT2D eigenvalue weighted by Gasteiger charge is 2.30. The van der Waals surface area contributed by atoms with Crippen LogP contribution in [0, 0.1) is 0 Å². The number of hydrogen-bond donors (Lipinski definition) is 0. The van der Waals surface area contributed by atoms with E-state index in [2.05, 4.69) is 0 Å². The van der Waals surface area contributed by atoms with Gasteiger partial charge in [-0.1, -0.05) is 24.3 Å². The van der Waals surface area contributed by atoms with E-state index in [1.165, 1.54) is 18.2 Å². The number of aldehydes is 1. The lowest BCUT2D eigenvalue weighted by Gasteiger charge is -2.06. The van der Waals surface area contributed by atoms with Gasteiger partial charge in [0.1, 0.15) is 6.29 Å². The maximum atomic E-state index is 12.3. The van der Waals surface area contributed by atoms with Crippen molar-refractivity contribution in [2.45, 2.75) is 12.6 Å². The summed E-state index contributed by atoms with van der Waals surface area (Å²) in [7, 11) is 0. The minimum Gasteiger partial charge on any atom is -0.303 e. The van der Waals surface area contributed by atoms with Crippen LogP contribution in [0.3, 0.4) is 0 Å². The Morgan fingerprint density at radius 3 is 2.60 bits per heavy atom. The Hall–Kier alpha value is -1.58. The second-order valence-corrected chi connectivity index (χ2v) is 2.93. The molecule has 0 saturated heterocycles. The summed E-state index contributed by atoms with van der Waals surface area (Å²) in [5, 5.41) is 0. The molecule has 15 heavy (non-hydrogen) atoms. The lowest BCUT2D eigenvalue weighted by molar-refractivity contribution is -0.137. The fourth-order valence-corrected chi connectivity index (χ4v) is 1.08. The van der Waals surface area contributed by atoms with Gasteiger partial charge in [0.25, 0.3) is 0 Å². The third-order valence-electron chi connectivity index (χ3n) is 1.76. The zero-order valence-corrected chi connectivity index (χ0v) is 7.79. The lowest BCUT2D eigenvalue weighted by Crippen LogP contribution is -2.04. The molecular formula is C11H9F3O. The molecule has 0 amide bonds. The molecule has 0 aromatic heterocycles. The van der Waals surface area contributed by atoms with Crippen molar-refractivity contribution in [2.24, 2.45) is 0 Å². The van der Waals surface area contributed by atoms with E-state index in [1.54, 1.807) is 6.07 Å². The van der Waals surface area contributed by atoms with Gasteiger partial charge in [0.05, 0.1) is 5.56 Å².